The van der Waals surface area contributed by atoms with Gasteiger partial charge in [0.1, 0.15) is 11.3 Å². The SMILES string of the molecule is COc1cccc(-c2nc3cc(N=Cc4ccc(Cl)cc4)ccc3o2)c1. The molecule has 0 aliphatic heterocycles. The third kappa shape index (κ3) is 3.46. The van der Waals surface area contributed by atoms with Crippen LogP contribution in [0.2, 0.25) is 5.02 Å². The number of halogens is 1. The van der Waals surface area contributed by atoms with Crippen molar-refractivity contribution in [2.24, 2.45) is 4.99 Å². The summed E-state index contributed by atoms with van der Waals surface area (Å²) in [4.78, 5) is 9.07. The molecule has 4 rings (SSSR count). The lowest BCUT2D eigenvalue weighted by molar-refractivity contribution is 0.415. The van der Waals surface area contributed by atoms with E-state index in [2.05, 4.69) is 9.98 Å². The molecule has 0 amide bonds. The molecular weight excluding hydrogens is 348 g/mol. The molecule has 3 aromatic carbocycles. The largest absolute Gasteiger partial charge is 0.497 e. The first-order valence-corrected chi connectivity index (χ1v) is 8.44. The molecule has 1 heterocycles. The van der Waals surface area contributed by atoms with Crippen molar-refractivity contribution in [3.8, 4) is 17.2 Å². The summed E-state index contributed by atoms with van der Waals surface area (Å²) in [6.45, 7) is 0. The van der Waals surface area contributed by atoms with Crippen molar-refractivity contribution in [2.75, 3.05) is 7.11 Å². The third-order valence-electron chi connectivity index (χ3n) is 3.92. The van der Waals surface area contributed by atoms with Crippen LogP contribution >= 0.6 is 11.6 Å². The van der Waals surface area contributed by atoms with Gasteiger partial charge < -0.3 is 9.15 Å². The number of aliphatic imine (C=N–C) groups is 1. The first-order chi connectivity index (χ1) is 12.7. The molecule has 0 radical (unpaired) electrons. The first kappa shape index (κ1) is 16.4. The molecular formula is C21H15ClN2O2. The van der Waals surface area contributed by atoms with Crippen LogP contribution in [0.1, 0.15) is 5.56 Å². The van der Waals surface area contributed by atoms with Crippen LogP contribution in [0.15, 0.2) is 76.1 Å². The molecule has 0 saturated carbocycles. The van der Waals surface area contributed by atoms with Gasteiger partial charge in [-0.3, -0.25) is 4.99 Å². The molecule has 0 N–H and O–H groups in total. The lowest BCUT2D eigenvalue weighted by atomic mass is 10.2. The average molecular weight is 363 g/mol. The predicted octanol–water partition coefficient (Wildman–Crippen LogP) is 5.91. The molecule has 128 valence electrons. The van der Waals surface area contributed by atoms with E-state index >= 15 is 0 Å². The number of hydrogen-bond acceptors (Lipinski definition) is 4. The molecule has 0 fully saturated rings. The number of benzene rings is 3. The molecule has 0 atom stereocenters. The van der Waals surface area contributed by atoms with Crippen LogP contribution in [-0.2, 0) is 0 Å². The average Bonchev–Trinajstić information content (AvgIpc) is 3.11. The second-order valence-corrected chi connectivity index (χ2v) is 6.15. The summed E-state index contributed by atoms with van der Waals surface area (Å²) in [7, 11) is 1.64. The Bertz CT molecular complexity index is 1080. The Labute approximate surface area is 155 Å². The van der Waals surface area contributed by atoms with Crippen LogP contribution in [0.25, 0.3) is 22.6 Å². The molecule has 5 heteroatoms. The predicted molar refractivity (Wildman–Crippen MR) is 105 cm³/mol. The maximum atomic E-state index is 5.90. The van der Waals surface area contributed by atoms with Crippen LogP contribution in [0.5, 0.6) is 5.75 Å². The fourth-order valence-corrected chi connectivity index (χ4v) is 2.70. The minimum absolute atomic E-state index is 0.553. The van der Waals surface area contributed by atoms with E-state index in [4.69, 9.17) is 20.8 Å². The number of aromatic nitrogens is 1. The van der Waals surface area contributed by atoms with Gasteiger partial charge in [-0.15, -0.1) is 0 Å². The molecule has 4 nitrogen and oxygen atoms in total. The summed E-state index contributed by atoms with van der Waals surface area (Å²) in [5.41, 5.74) is 4.12. The number of oxazole rings is 1. The van der Waals surface area contributed by atoms with Crippen molar-refractivity contribution in [2.45, 2.75) is 0 Å². The zero-order chi connectivity index (χ0) is 17.9. The molecule has 0 spiro atoms. The normalized spacial score (nSPS) is 11.3. The van der Waals surface area contributed by atoms with Gasteiger partial charge >= 0.3 is 0 Å². The highest BCUT2D eigenvalue weighted by Gasteiger charge is 2.09. The maximum absolute atomic E-state index is 5.90. The van der Waals surface area contributed by atoms with Crippen LogP contribution in [0.4, 0.5) is 5.69 Å². The van der Waals surface area contributed by atoms with Crippen molar-refractivity contribution in [3.63, 3.8) is 0 Å². The Morgan fingerprint density at radius 2 is 1.88 bits per heavy atom. The Hall–Kier alpha value is -3.11. The van der Waals surface area contributed by atoms with Gasteiger partial charge in [0.25, 0.3) is 0 Å². The summed E-state index contributed by atoms with van der Waals surface area (Å²) in [6.07, 6.45) is 1.79. The Balaban J connectivity index is 1.64. The molecule has 1 aromatic heterocycles. The van der Waals surface area contributed by atoms with Crippen molar-refractivity contribution in [1.29, 1.82) is 0 Å². The Morgan fingerprint density at radius 3 is 2.69 bits per heavy atom. The lowest BCUT2D eigenvalue weighted by Gasteiger charge is -2.00. The number of fused-ring (bicyclic) bond motifs is 1. The van der Waals surface area contributed by atoms with Crippen molar-refractivity contribution >= 4 is 34.6 Å². The molecule has 0 saturated heterocycles. The van der Waals surface area contributed by atoms with E-state index in [1.165, 1.54) is 0 Å². The molecule has 0 aliphatic rings. The van der Waals surface area contributed by atoms with Gasteiger partial charge in [-0.2, -0.15) is 0 Å². The number of hydrogen-bond donors (Lipinski definition) is 0. The maximum Gasteiger partial charge on any atom is 0.227 e. The van der Waals surface area contributed by atoms with E-state index in [1.807, 2.05) is 66.7 Å². The van der Waals surface area contributed by atoms with Gasteiger partial charge in [-0.1, -0.05) is 29.8 Å². The Morgan fingerprint density at radius 1 is 1.04 bits per heavy atom. The van der Waals surface area contributed by atoms with E-state index in [0.717, 1.165) is 28.1 Å². The summed E-state index contributed by atoms with van der Waals surface area (Å²) in [5.74, 6) is 1.32. The smallest absolute Gasteiger partial charge is 0.227 e. The van der Waals surface area contributed by atoms with Gasteiger partial charge in [0.2, 0.25) is 5.89 Å². The lowest BCUT2D eigenvalue weighted by Crippen LogP contribution is -1.83. The number of nitrogens with zero attached hydrogens (tertiary/aromatic N) is 2. The van der Waals surface area contributed by atoms with Crippen LogP contribution in [-0.4, -0.2) is 18.3 Å². The quantitative estimate of drug-likeness (QED) is 0.424. The fourth-order valence-electron chi connectivity index (χ4n) is 2.57. The minimum Gasteiger partial charge on any atom is -0.497 e. The van der Waals surface area contributed by atoms with E-state index in [1.54, 1.807) is 13.3 Å². The number of ether oxygens (including phenoxy) is 1. The van der Waals surface area contributed by atoms with Crippen LogP contribution in [0, 0.1) is 0 Å². The van der Waals surface area contributed by atoms with Gasteiger partial charge in [0.15, 0.2) is 5.58 Å². The zero-order valence-corrected chi connectivity index (χ0v) is 14.8. The highest BCUT2D eigenvalue weighted by Crippen LogP contribution is 2.28. The number of methoxy groups -OCH3 is 1. The van der Waals surface area contributed by atoms with Crippen LogP contribution in [0.3, 0.4) is 0 Å². The molecule has 0 unspecified atom stereocenters. The second-order valence-electron chi connectivity index (χ2n) is 5.71. The highest BCUT2D eigenvalue weighted by atomic mass is 35.5. The second kappa shape index (κ2) is 7.02. The summed E-state index contributed by atoms with van der Waals surface area (Å²) < 4.78 is 11.1. The topological polar surface area (TPSA) is 47.6 Å². The van der Waals surface area contributed by atoms with E-state index in [0.29, 0.717) is 16.5 Å². The molecule has 26 heavy (non-hydrogen) atoms. The van der Waals surface area contributed by atoms with E-state index in [-0.39, 0.29) is 0 Å². The minimum atomic E-state index is 0.553. The standard InChI is InChI=1S/C21H15ClN2O2/c1-25-18-4-2-3-15(11-18)21-24-19-12-17(9-10-20(19)26-21)23-13-14-5-7-16(22)8-6-14/h2-13H,1H3. The van der Waals surface area contributed by atoms with Crippen LogP contribution < -0.4 is 4.74 Å². The fraction of sp³-hybridized carbons (Fsp3) is 0.0476. The first-order valence-electron chi connectivity index (χ1n) is 8.06. The third-order valence-corrected chi connectivity index (χ3v) is 4.17. The molecule has 0 bridgehead atoms. The van der Waals surface area contributed by atoms with Gasteiger partial charge in [0, 0.05) is 16.8 Å². The van der Waals surface area contributed by atoms with Crippen molar-refractivity contribution in [3.05, 3.63) is 77.3 Å². The monoisotopic (exact) mass is 362 g/mol. The summed E-state index contributed by atoms with van der Waals surface area (Å²) >= 11 is 5.90. The van der Waals surface area contributed by atoms with E-state index in [9.17, 15) is 0 Å². The molecule has 0 aliphatic carbocycles. The summed E-state index contributed by atoms with van der Waals surface area (Å²) in [5, 5.41) is 0.705. The molecule has 4 aromatic rings. The van der Waals surface area contributed by atoms with Gasteiger partial charge in [-0.25, -0.2) is 4.98 Å². The Kier molecular flexibility index (Phi) is 4.42. The van der Waals surface area contributed by atoms with Crippen molar-refractivity contribution in [1.82, 2.24) is 4.98 Å². The summed E-state index contributed by atoms with van der Waals surface area (Å²) in [6, 6.07) is 20.8. The zero-order valence-electron chi connectivity index (χ0n) is 14.0. The van der Waals surface area contributed by atoms with Gasteiger partial charge in [-0.05, 0) is 54.1 Å². The van der Waals surface area contributed by atoms with Gasteiger partial charge in [0.05, 0.1) is 12.8 Å². The highest BCUT2D eigenvalue weighted by molar-refractivity contribution is 6.30. The number of rotatable bonds is 4. The van der Waals surface area contributed by atoms with E-state index < -0.39 is 0 Å². The van der Waals surface area contributed by atoms with Crippen molar-refractivity contribution < 1.29 is 9.15 Å².